The van der Waals surface area contributed by atoms with Gasteiger partial charge in [0, 0.05) is 12.1 Å². The van der Waals surface area contributed by atoms with Crippen LogP contribution in [-0.2, 0) is 4.74 Å². The molecule has 2 aliphatic heterocycles. The fourth-order valence-corrected chi connectivity index (χ4v) is 2.94. The van der Waals surface area contributed by atoms with E-state index in [1.54, 1.807) is 0 Å². The zero-order chi connectivity index (χ0) is 12.6. The fraction of sp³-hybridized carbons (Fsp3) is 0.600. The van der Waals surface area contributed by atoms with Gasteiger partial charge in [0.2, 0.25) is 0 Å². The van der Waals surface area contributed by atoms with Crippen molar-refractivity contribution in [3.05, 3.63) is 29.8 Å². The quantitative estimate of drug-likeness (QED) is 0.871. The van der Waals surface area contributed by atoms with E-state index in [1.807, 2.05) is 12.1 Å². The molecule has 2 heterocycles. The van der Waals surface area contributed by atoms with Gasteiger partial charge in [-0.25, -0.2) is 0 Å². The minimum atomic E-state index is -0.0222. The van der Waals surface area contributed by atoms with E-state index in [1.165, 1.54) is 5.56 Å². The Bertz CT molecular complexity index is 428. The molecule has 2 unspecified atom stereocenters. The molecule has 0 bridgehead atoms. The zero-order valence-electron chi connectivity index (χ0n) is 11.1. The Hall–Kier alpha value is -1.06. The van der Waals surface area contributed by atoms with E-state index in [0.29, 0.717) is 6.61 Å². The molecule has 1 N–H and O–H groups in total. The van der Waals surface area contributed by atoms with E-state index in [-0.39, 0.29) is 17.7 Å². The Kier molecular flexibility index (Phi) is 3.04. The molecule has 18 heavy (non-hydrogen) atoms. The Morgan fingerprint density at radius 2 is 2.06 bits per heavy atom. The largest absolute Gasteiger partial charge is 0.491 e. The highest BCUT2D eigenvalue weighted by Gasteiger charge is 2.42. The molecule has 2 atom stereocenters. The van der Waals surface area contributed by atoms with Crippen molar-refractivity contribution in [3.63, 3.8) is 0 Å². The van der Waals surface area contributed by atoms with Crippen LogP contribution in [-0.4, -0.2) is 24.8 Å². The van der Waals surface area contributed by atoms with Crippen molar-refractivity contribution in [1.29, 1.82) is 0 Å². The van der Waals surface area contributed by atoms with Gasteiger partial charge in [0.25, 0.3) is 0 Å². The van der Waals surface area contributed by atoms with Crippen LogP contribution in [0, 0.1) is 0 Å². The maximum atomic E-state index is 6.46. The Labute approximate surface area is 108 Å². The van der Waals surface area contributed by atoms with Crippen LogP contribution in [0.2, 0.25) is 0 Å². The van der Waals surface area contributed by atoms with Crippen LogP contribution >= 0.6 is 0 Å². The van der Waals surface area contributed by atoms with Gasteiger partial charge in [0.05, 0.1) is 11.6 Å². The zero-order valence-corrected chi connectivity index (χ0v) is 11.1. The molecular weight excluding hydrogens is 226 g/mol. The van der Waals surface area contributed by atoms with Crippen LogP contribution in [0.15, 0.2) is 24.3 Å². The number of para-hydroxylation sites is 1. The summed E-state index contributed by atoms with van der Waals surface area (Å²) in [6, 6.07) is 8.51. The van der Waals surface area contributed by atoms with Gasteiger partial charge < -0.3 is 14.8 Å². The predicted octanol–water partition coefficient (Wildman–Crippen LogP) is 2.67. The molecular formula is C15H21NO2. The van der Waals surface area contributed by atoms with Gasteiger partial charge >= 0.3 is 0 Å². The lowest BCUT2D eigenvalue weighted by atomic mass is 9.89. The van der Waals surface area contributed by atoms with Gasteiger partial charge in [0.15, 0.2) is 0 Å². The van der Waals surface area contributed by atoms with Gasteiger partial charge in [0.1, 0.15) is 18.5 Å². The van der Waals surface area contributed by atoms with Crippen molar-refractivity contribution in [2.45, 2.75) is 44.4 Å². The van der Waals surface area contributed by atoms with Gasteiger partial charge in [-0.3, -0.25) is 0 Å². The molecule has 3 heteroatoms. The van der Waals surface area contributed by atoms with Gasteiger partial charge in [-0.1, -0.05) is 32.0 Å². The third kappa shape index (κ3) is 1.82. The van der Waals surface area contributed by atoms with E-state index in [9.17, 15) is 0 Å². The highest BCUT2D eigenvalue weighted by atomic mass is 16.5. The van der Waals surface area contributed by atoms with Crippen molar-refractivity contribution in [3.8, 4) is 5.75 Å². The number of hydrogen-bond donors (Lipinski definition) is 1. The van der Waals surface area contributed by atoms with Crippen LogP contribution in [0.25, 0.3) is 0 Å². The number of benzene rings is 1. The number of nitrogens with one attached hydrogen (secondary N) is 1. The highest BCUT2D eigenvalue weighted by Crippen LogP contribution is 2.41. The van der Waals surface area contributed by atoms with E-state index in [0.717, 1.165) is 25.1 Å². The average molecular weight is 247 g/mol. The lowest BCUT2D eigenvalue weighted by molar-refractivity contribution is -0.152. The number of fused-ring (bicyclic) bond motifs is 3. The summed E-state index contributed by atoms with van der Waals surface area (Å²) in [7, 11) is 0. The van der Waals surface area contributed by atoms with Crippen molar-refractivity contribution >= 4 is 0 Å². The second kappa shape index (κ2) is 4.56. The third-order valence-corrected chi connectivity index (χ3v) is 4.36. The first-order valence-corrected chi connectivity index (χ1v) is 6.91. The second-order valence-corrected chi connectivity index (χ2v) is 5.26. The summed E-state index contributed by atoms with van der Waals surface area (Å²) < 4.78 is 12.2. The van der Waals surface area contributed by atoms with Crippen LogP contribution in [0.3, 0.4) is 0 Å². The maximum absolute atomic E-state index is 6.46. The van der Waals surface area contributed by atoms with E-state index in [2.05, 4.69) is 31.3 Å². The van der Waals surface area contributed by atoms with E-state index in [4.69, 9.17) is 9.47 Å². The second-order valence-electron chi connectivity index (χ2n) is 5.26. The topological polar surface area (TPSA) is 30.5 Å². The SMILES string of the molecule is CCC1(CC)CNC2COc3ccccc3C2O1. The molecule has 1 fully saturated rings. The molecule has 0 amide bonds. The lowest BCUT2D eigenvalue weighted by Crippen LogP contribution is -2.58. The normalized spacial score (nSPS) is 29.0. The van der Waals surface area contributed by atoms with Crippen LogP contribution in [0.4, 0.5) is 0 Å². The molecule has 0 aliphatic carbocycles. The summed E-state index contributed by atoms with van der Waals surface area (Å²) in [4.78, 5) is 0. The molecule has 3 nitrogen and oxygen atoms in total. The molecule has 1 aromatic carbocycles. The van der Waals surface area contributed by atoms with Gasteiger partial charge in [-0.2, -0.15) is 0 Å². The Morgan fingerprint density at radius 3 is 2.83 bits per heavy atom. The van der Waals surface area contributed by atoms with Gasteiger partial charge in [-0.15, -0.1) is 0 Å². The molecule has 0 spiro atoms. The summed E-state index contributed by atoms with van der Waals surface area (Å²) in [5.74, 6) is 0.976. The Balaban J connectivity index is 1.93. The number of rotatable bonds is 2. The van der Waals surface area contributed by atoms with Crippen LogP contribution in [0.5, 0.6) is 5.75 Å². The summed E-state index contributed by atoms with van der Waals surface area (Å²) >= 11 is 0. The van der Waals surface area contributed by atoms with Crippen LogP contribution in [0.1, 0.15) is 38.4 Å². The standard InChI is InChI=1S/C15H21NO2/c1-3-15(4-2)10-16-12-9-17-13-8-6-5-7-11(13)14(12)18-15/h5-8,12,14,16H,3-4,9-10H2,1-2H3. The number of hydrogen-bond acceptors (Lipinski definition) is 3. The first-order valence-electron chi connectivity index (χ1n) is 6.91. The fourth-order valence-electron chi connectivity index (χ4n) is 2.94. The third-order valence-electron chi connectivity index (χ3n) is 4.36. The van der Waals surface area contributed by atoms with Gasteiger partial charge in [-0.05, 0) is 18.9 Å². The highest BCUT2D eigenvalue weighted by molar-refractivity contribution is 5.38. The summed E-state index contributed by atoms with van der Waals surface area (Å²) in [6.07, 6.45) is 2.22. The average Bonchev–Trinajstić information content (AvgIpc) is 2.46. The first-order chi connectivity index (χ1) is 8.78. The molecule has 0 radical (unpaired) electrons. The van der Waals surface area contributed by atoms with Crippen molar-refractivity contribution in [2.75, 3.05) is 13.2 Å². The van der Waals surface area contributed by atoms with Crippen molar-refractivity contribution in [1.82, 2.24) is 5.32 Å². The summed E-state index contributed by atoms with van der Waals surface area (Å²) in [5, 5.41) is 3.60. The van der Waals surface area contributed by atoms with Crippen molar-refractivity contribution in [2.24, 2.45) is 0 Å². The lowest BCUT2D eigenvalue weighted by Gasteiger charge is -2.47. The minimum Gasteiger partial charge on any atom is -0.491 e. The monoisotopic (exact) mass is 247 g/mol. The smallest absolute Gasteiger partial charge is 0.125 e. The van der Waals surface area contributed by atoms with E-state index < -0.39 is 0 Å². The molecule has 98 valence electrons. The molecule has 0 aromatic heterocycles. The summed E-state index contributed by atoms with van der Waals surface area (Å²) in [6.45, 7) is 6.03. The molecule has 1 aromatic rings. The first kappa shape index (κ1) is 12.0. The number of morpholine rings is 1. The predicted molar refractivity (Wildman–Crippen MR) is 70.9 cm³/mol. The minimum absolute atomic E-state index is 0.0222. The summed E-state index contributed by atoms with van der Waals surface area (Å²) in [5.41, 5.74) is 1.17. The number of ether oxygens (including phenoxy) is 2. The van der Waals surface area contributed by atoms with Crippen LogP contribution < -0.4 is 10.1 Å². The van der Waals surface area contributed by atoms with Crippen molar-refractivity contribution < 1.29 is 9.47 Å². The molecule has 2 aliphatic rings. The maximum Gasteiger partial charge on any atom is 0.125 e. The molecule has 3 rings (SSSR count). The van der Waals surface area contributed by atoms with E-state index >= 15 is 0 Å². The molecule has 1 saturated heterocycles. The molecule has 0 saturated carbocycles. The Morgan fingerprint density at radius 1 is 1.28 bits per heavy atom.